The Morgan fingerprint density at radius 2 is 2.12 bits per heavy atom. The van der Waals surface area contributed by atoms with Crippen LogP contribution in [-0.2, 0) is 0 Å². The minimum absolute atomic E-state index is 0.247. The standard InChI is InChI=1S/C11H11ClN4/c1-7-6-8(12)2-3-9(7)15-10-4-5-14-11(13)16-10/h2-6H,1H3,(H3,13,14,15,16). The van der Waals surface area contributed by atoms with E-state index in [0.717, 1.165) is 11.3 Å². The van der Waals surface area contributed by atoms with Gasteiger partial charge in [0.15, 0.2) is 0 Å². The largest absolute Gasteiger partial charge is 0.368 e. The molecule has 4 nitrogen and oxygen atoms in total. The second-order valence-corrected chi connectivity index (χ2v) is 3.82. The van der Waals surface area contributed by atoms with Gasteiger partial charge >= 0.3 is 0 Å². The van der Waals surface area contributed by atoms with Crippen molar-refractivity contribution in [2.75, 3.05) is 11.1 Å². The molecule has 2 aromatic rings. The zero-order chi connectivity index (χ0) is 11.5. The lowest BCUT2D eigenvalue weighted by Gasteiger charge is -2.08. The van der Waals surface area contributed by atoms with Crippen molar-refractivity contribution in [1.29, 1.82) is 0 Å². The van der Waals surface area contributed by atoms with Gasteiger partial charge in [-0.25, -0.2) is 4.98 Å². The Hall–Kier alpha value is -1.81. The summed E-state index contributed by atoms with van der Waals surface area (Å²) in [7, 11) is 0. The van der Waals surface area contributed by atoms with Crippen LogP contribution in [0.4, 0.5) is 17.5 Å². The predicted molar refractivity (Wildman–Crippen MR) is 65.9 cm³/mol. The van der Waals surface area contributed by atoms with Crippen LogP contribution in [0.15, 0.2) is 30.5 Å². The van der Waals surface area contributed by atoms with Gasteiger partial charge in [-0.05, 0) is 36.8 Å². The van der Waals surface area contributed by atoms with Gasteiger partial charge in [0.2, 0.25) is 5.95 Å². The number of hydrogen-bond acceptors (Lipinski definition) is 4. The maximum absolute atomic E-state index is 5.87. The number of benzene rings is 1. The van der Waals surface area contributed by atoms with Gasteiger partial charge in [-0.15, -0.1) is 0 Å². The van der Waals surface area contributed by atoms with Gasteiger partial charge in [0.1, 0.15) is 5.82 Å². The first-order chi connectivity index (χ1) is 7.65. The molecule has 16 heavy (non-hydrogen) atoms. The molecule has 82 valence electrons. The summed E-state index contributed by atoms with van der Waals surface area (Å²) in [4.78, 5) is 7.88. The fraction of sp³-hybridized carbons (Fsp3) is 0.0909. The Bertz CT molecular complexity index is 513. The monoisotopic (exact) mass is 234 g/mol. The van der Waals surface area contributed by atoms with Crippen molar-refractivity contribution in [2.24, 2.45) is 0 Å². The molecule has 3 N–H and O–H groups in total. The third-order valence-electron chi connectivity index (χ3n) is 2.13. The third-order valence-corrected chi connectivity index (χ3v) is 2.36. The summed E-state index contributed by atoms with van der Waals surface area (Å²) in [5, 5.41) is 3.86. The first-order valence-corrected chi connectivity index (χ1v) is 5.14. The van der Waals surface area contributed by atoms with E-state index >= 15 is 0 Å². The number of aryl methyl sites for hydroxylation is 1. The number of hydrogen-bond donors (Lipinski definition) is 2. The number of nitrogens with two attached hydrogens (primary N) is 1. The van der Waals surface area contributed by atoms with Crippen LogP contribution in [-0.4, -0.2) is 9.97 Å². The molecule has 0 aliphatic carbocycles. The van der Waals surface area contributed by atoms with Crippen LogP contribution < -0.4 is 11.1 Å². The number of nitrogens with one attached hydrogen (secondary N) is 1. The Balaban J connectivity index is 2.27. The Morgan fingerprint density at radius 3 is 2.81 bits per heavy atom. The first kappa shape index (κ1) is 10.7. The van der Waals surface area contributed by atoms with Gasteiger partial charge in [-0.3, -0.25) is 0 Å². The quantitative estimate of drug-likeness (QED) is 0.839. The SMILES string of the molecule is Cc1cc(Cl)ccc1Nc1ccnc(N)n1. The van der Waals surface area contributed by atoms with Gasteiger partial charge in [0, 0.05) is 16.9 Å². The molecule has 0 spiro atoms. The fourth-order valence-electron chi connectivity index (χ4n) is 1.35. The topological polar surface area (TPSA) is 63.8 Å². The highest BCUT2D eigenvalue weighted by Gasteiger charge is 2.01. The molecule has 0 atom stereocenters. The van der Waals surface area contributed by atoms with Crippen molar-refractivity contribution in [1.82, 2.24) is 9.97 Å². The number of nitrogen functional groups attached to an aromatic ring is 1. The maximum Gasteiger partial charge on any atom is 0.221 e. The number of halogens is 1. The Labute approximate surface area is 98.5 Å². The highest BCUT2D eigenvalue weighted by Crippen LogP contribution is 2.22. The minimum atomic E-state index is 0.247. The van der Waals surface area contributed by atoms with E-state index in [4.69, 9.17) is 17.3 Å². The smallest absolute Gasteiger partial charge is 0.221 e. The van der Waals surface area contributed by atoms with Crippen molar-refractivity contribution >= 4 is 29.1 Å². The van der Waals surface area contributed by atoms with Crippen LogP contribution in [0.2, 0.25) is 5.02 Å². The summed E-state index contributed by atoms with van der Waals surface area (Å²) in [6.07, 6.45) is 1.61. The van der Waals surface area contributed by atoms with E-state index in [2.05, 4.69) is 15.3 Å². The van der Waals surface area contributed by atoms with E-state index in [0.29, 0.717) is 10.8 Å². The first-order valence-electron chi connectivity index (χ1n) is 4.77. The van der Waals surface area contributed by atoms with Crippen molar-refractivity contribution in [3.63, 3.8) is 0 Å². The van der Waals surface area contributed by atoms with Crippen molar-refractivity contribution in [3.05, 3.63) is 41.0 Å². The van der Waals surface area contributed by atoms with E-state index in [1.165, 1.54) is 0 Å². The molecule has 0 radical (unpaired) electrons. The second-order valence-electron chi connectivity index (χ2n) is 3.38. The molecule has 0 unspecified atom stereocenters. The van der Waals surface area contributed by atoms with Gasteiger partial charge in [0.25, 0.3) is 0 Å². The molecule has 0 saturated heterocycles. The summed E-state index contributed by atoms with van der Waals surface area (Å²) in [6, 6.07) is 7.36. The molecule has 0 aliphatic rings. The normalized spacial score (nSPS) is 10.1. The fourth-order valence-corrected chi connectivity index (χ4v) is 1.58. The summed E-state index contributed by atoms with van der Waals surface area (Å²) >= 11 is 5.87. The summed E-state index contributed by atoms with van der Waals surface area (Å²) in [5.74, 6) is 0.912. The summed E-state index contributed by atoms with van der Waals surface area (Å²) in [5.41, 5.74) is 7.48. The number of anilines is 3. The van der Waals surface area contributed by atoms with Gasteiger partial charge in [-0.1, -0.05) is 11.6 Å². The average molecular weight is 235 g/mol. The van der Waals surface area contributed by atoms with E-state index < -0.39 is 0 Å². The second kappa shape index (κ2) is 4.37. The molecule has 0 aliphatic heterocycles. The summed E-state index contributed by atoms with van der Waals surface area (Å²) < 4.78 is 0. The summed E-state index contributed by atoms with van der Waals surface area (Å²) in [6.45, 7) is 1.97. The Morgan fingerprint density at radius 1 is 1.31 bits per heavy atom. The molecule has 0 bridgehead atoms. The molecule has 1 aromatic heterocycles. The average Bonchev–Trinajstić information content (AvgIpc) is 2.22. The Kier molecular flexibility index (Phi) is 2.92. The van der Waals surface area contributed by atoms with Crippen LogP contribution >= 0.6 is 11.6 Å². The molecule has 0 amide bonds. The molecule has 2 rings (SSSR count). The predicted octanol–water partition coefficient (Wildman–Crippen LogP) is 2.76. The molecule has 1 heterocycles. The maximum atomic E-state index is 5.87. The minimum Gasteiger partial charge on any atom is -0.368 e. The zero-order valence-electron chi connectivity index (χ0n) is 8.74. The van der Waals surface area contributed by atoms with Crippen LogP contribution in [0.5, 0.6) is 0 Å². The van der Waals surface area contributed by atoms with Gasteiger partial charge < -0.3 is 11.1 Å². The lowest BCUT2D eigenvalue weighted by molar-refractivity contribution is 1.18. The third kappa shape index (κ3) is 2.41. The van der Waals surface area contributed by atoms with Crippen molar-refractivity contribution < 1.29 is 0 Å². The molecule has 0 fully saturated rings. The van der Waals surface area contributed by atoms with Crippen LogP contribution in [0.25, 0.3) is 0 Å². The molecule has 1 aromatic carbocycles. The van der Waals surface area contributed by atoms with E-state index in [1.807, 2.05) is 25.1 Å². The van der Waals surface area contributed by atoms with Crippen LogP contribution in [0.3, 0.4) is 0 Å². The lowest BCUT2D eigenvalue weighted by atomic mass is 10.2. The molecule has 5 heteroatoms. The highest BCUT2D eigenvalue weighted by atomic mass is 35.5. The van der Waals surface area contributed by atoms with Crippen molar-refractivity contribution in [3.8, 4) is 0 Å². The van der Waals surface area contributed by atoms with E-state index in [9.17, 15) is 0 Å². The molecular weight excluding hydrogens is 224 g/mol. The number of aromatic nitrogens is 2. The lowest BCUT2D eigenvalue weighted by Crippen LogP contribution is -1.99. The molecular formula is C11H11ClN4. The van der Waals surface area contributed by atoms with Crippen LogP contribution in [0.1, 0.15) is 5.56 Å². The zero-order valence-corrected chi connectivity index (χ0v) is 9.49. The van der Waals surface area contributed by atoms with Gasteiger partial charge in [0.05, 0.1) is 0 Å². The number of rotatable bonds is 2. The van der Waals surface area contributed by atoms with E-state index in [1.54, 1.807) is 12.3 Å². The van der Waals surface area contributed by atoms with E-state index in [-0.39, 0.29) is 5.95 Å². The highest BCUT2D eigenvalue weighted by molar-refractivity contribution is 6.30. The van der Waals surface area contributed by atoms with Gasteiger partial charge in [-0.2, -0.15) is 4.98 Å². The number of nitrogens with zero attached hydrogens (tertiary/aromatic N) is 2. The van der Waals surface area contributed by atoms with Crippen molar-refractivity contribution in [2.45, 2.75) is 6.92 Å². The molecule has 0 saturated carbocycles. The van der Waals surface area contributed by atoms with Crippen LogP contribution in [0, 0.1) is 6.92 Å².